The summed E-state index contributed by atoms with van der Waals surface area (Å²) >= 11 is 0. The number of nitrogens with zero attached hydrogens (tertiary/aromatic N) is 2. The van der Waals surface area contributed by atoms with Crippen LogP contribution < -0.4 is 0 Å². The van der Waals surface area contributed by atoms with Gasteiger partial charge in [-0.15, -0.1) is 0 Å². The minimum absolute atomic E-state index is 0.173. The highest BCUT2D eigenvalue weighted by Crippen LogP contribution is 2.43. The fourth-order valence-corrected chi connectivity index (χ4v) is 5.53. The highest BCUT2D eigenvalue weighted by molar-refractivity contribution is 7.89. The molecule has 6 nitrogen and oxygen atoms in total. The molecular weight excluding hydrogens is 364 g/mol. The molecule has 0 radical (unpaired) electrons. The van der Waals surface area contributed by atoms with Crippen molar-refractivity contribution >= 4 is 10.0 Å². The van der Waals surface area contributed by atoms with Crippen LogP contribution in [-0.2, 0) is 26.1 Å². The molecule has 2 aliphatic rings. The molecule has 0 amide bonds. The maximum Gasteiger partial charge on any atom is 0.216 e. The Kier molecular flexibility index (Phi) is 6.56. The van der Waals surface area contributed by atoms with Crippen LogP contribution in [0.25, 0.3) is 0 Å². The third-order valence-electron chi connectivity index (χ3n) is 5.93. The summed E-state index contributed by atoms with van der Waals surface area (Å²) in [5.41, 5.74) is 1.79. The number of ether oxygens (including phenoxy) is 2. The molecule has 1 spiro atoms. The van der Waals surface area contributed by atoms with E-state index >= 15 is 0 Å². The Labute approximate surface area is 163 Å². The zero-order chi connectivity index (χ0) is 19.5. The summed E-state index contributed by atoms with van der Waals surface area (Å²) < 4.78 is 38.4. The summed E-state index contributed by atoms with van der Waals surface area (Å²) in [5, 5.41) is -0.365. The Hall–Kier alpha value is -1.02. The molecule has 1 unspecified atom stereocenters. The van der Waals surface area contributed by atoms with Crippen molar-refractivity contribution in [3.8, 4) is 0 Å². The number of rotatable bonds is 7. The minimum atomic E-state index is -3.17. The van der Waals surface area contributed by atoms with Crippen molar-refractivity contribution in [1.82, 2.24) is 9.29 Å². The van der Waals surface area contributed by atoms with Crippen molar-refractivity contribution in [2.75, 3.05) is 26.3 Å². The van der Waals surface area contributed by atoms with Crippen molar-refractivity contribution in [2.24, 2.45) is 5.92 Å². The highest BCUT2D eigenvalue weighted by Gasteiger charge is 2.47. The summed E-state index contributed by atoms with van der Waals surface area (Å²) in [6, 6.07) is 5.97. The van der Waals surface area contributed by atoms with Crippen LogP contribution in [0, 0.1) is 12.8 Å². The molecule has 2 saturated heterocycles. The van der Waals surface area contributed by atoms with Gasteiger partial charge < -0.3 is 9.47 Å². The molecule has 1 atom stereocenters. The molecule has 7 heteroatoms. The lowest BCUT2D eigenvalue weighted by Gasteiger charge is -2.42. The first-order valence-corrected chi connectivity index (χ1v) is 11.5. The Bertz CT molecular complexity index is 727. The standard InChI is InChI=1S/C20H32N2O4S/c1-16(2)27(23,24)22-11-9-20(10-12-22)18(8-14-26-20)7-13-25-15-19-6-4-5-17(3)21-19/h4-6,16,18H,7-15H2,1-3H3. The first kappa shape index (κ1) is 20.7. The fourth-order valence-electron chi connectivity index (χ4n) is 4.24. The topological polar surface area (TPSA) is 68.7 Å². The van der Waals surface area contributed by atoms with E-state index in [-0.39, 0.29) is 10.9 Å². The second-order valence-corrected chi connectivity index (χ2v) is 10.5. The first-order valence-electron chi connectivity index (χ1n) is 9.97. The van der Waals surface area contributed by atoms with Gasteiger partial charge in [-0.05, 0) is 64.5 Å². The number of sulfonamides is 1. The third-order valence-corrected chi connectivity index (χ3v) is 8.21. The van der Waals surface area contributed by atoms with Gasteiger partial charge in [-0.2, -0.15) is 0 Å². The van der Waals surface area contributed by atoms with Gasteiger partial charge in [0.15, 0.2) is 0 Å². The molecule has 3 rings (SSSR count). The van der Waals surface area contributed by atoms with Crippen LogP contribution in [-0.4, -0.2) is 54.9 Å². The molecule has 0 bridgehead atoms. The van der Waals surface area contributed by atoms with Crippen molar-refractivity contribution in [3.63, 3.8) is 0 Å². The number of piperidine rings is 1. The van der Waals surface area contributed by atoms with Gasteiger partial charge in [0.1, 0.15) is 0 Å². The number of hydrogen-bond donors (Lipinski definition) is 0. The predicted molar refractivity (Wildman–Crippen MR) is 105 cm³/mol. The molecule has 152 valence electrons. The van der Waals surface area contributed by atoms with Crippen molar-refractivity contribution in [3.05, 3.63) is 29.6 Å². The van der Waals surface area contributed by atoms with Crippen molar-refractivity contribution in [2.45, 2.75) is 63.9 Å². The second kappa shape index (κ2) is 8.55. The maximum atomic E-state index is 12.4. The quantitative estimate of drug-likeness (QED) is 0.663. The smallest absolute Gasteiger partial charge is 0.216 e. The van der Waals surface area contributed by atoms with E-state index in [0.29, 0.717) is 32.2 Å². The lowest BCUT2D eigenvalue weighted by atomic mass is 9.78. The molecule has 0 saturated carbocycles. The molecule has 2 aliphatic heterocycles. The Morgan fingerprint density at radius 3 is 2.74 bits per heavy atom. The van der Waals surface area contributed by atoms with E-state index in [1.165, 1.54) is 0 Å². The molecule has 3 heterocycles. The minimum Gasteiger partial charge on any atom is -0.375 e. The van der Waals surface area contributed by atoms with Crippen LogP contribution in [0.5, 0.6) is 0 Å². The molecule has 1 aromatic heterocycles. The zero-order valence-corrected chi connectivity index (χ0v) is 17.5. The fraction of sp³-hybridized carbons (Fsp3) is 0.750. The summed E-state index contributed by atoms with van der Waals surface area (Å²) in [6.45, 7) is 8.57. The van der Waals surface area contributed by atoms with E-state index in [1.807, 2.05) is 25.1 Å². The molecular formula is C20H32N2O4S. The van der Waals surface area contributed by atoms with Gasteiger partial charge in [-0.1, -0.05) is 6.07 Å². The number of aromatic nitrogens is 1. The van der Waals surface area contributed by atoms with Gasteiger partial charge in [0.05, 0.1) is 23.2 Å². The van der Waals surface area contributed by atoms with Crippen LogP contribution in [0.4, 0.5) is 0 Å². The lowest BCUT2D eigenvalue weighted by Crippen LogP contribution is -2.50. The molecule has 2 fully saturated rings. The average molecular weight is 397 g/mol. The summed E-state index contributed by atoms with van der Waals surface area (Å²) in [5.74, 6) is 0.437. The molecule has 0 N–H and O–H groups in total. The first-order chi connectivity index (χ1) is 12.8. The van der Waals surface area contributed by atoms with Crippen LogP contribution in [0.2, 0.25) is 0 Å². The Morgan fingerprint density at radius 2 is 2.07 bits per heavy atom. The largest absolute Gasteiger partial charge is 0.375 e. The zero-order valence-electron chi connectivity index (χ0n) is 16.7. The molecule has 27 heavy (non-hydrogen) atoms. The van der Waals surface area contributed by atoms with Gasteiger partial charge in [0.25, 0.3) is 0 Å². The van der Waals surface area contributed by atoms with E-state index in [1.54, 1.807) is 18.2 Å². The summed E-state index contributed by atoms with van der Waals surface area (Å²) in [7, 11) is -3.17. The van der Waals surface area contributed by atoms with E-state index < -0.39 is 10.0 Å². The SMILES string of the molecule is Cc1cccc(COCCC2CCOC23CCN(S(=O)(=O)C(C)C)CC3)n1. The summed E-state index contributed by atoms with van der Waals surface area (Å²) in [6.07, 6.45) is 3.54. The monoisotopic (exact) mass is 396 g/mol. The van der Waals surface area contributed by atoms with E-state index in [9.17, 15) is 8.42 Å². The van der Waals surface area contributed by atoms with Gasteiger partial charge >= 0.3 is 0 Å². The van der Waals surface area contributed by atoms with Crippen molar-refractivity contribution in [1.29, 1.82) is 0 Å². The van der Waals surface area contributed by atoms with Crippen LogP contribution in [0.15, 0.2) is 18.2 Å². The Balaban J connectivity index is 1.49. The molecule has 0 aromatic carbocycles. The Morgan fingerprint density at radius 1 is 1.33 bits per heavy atom. The second-order valence-electron chi connectivity index (χ2n) is 8.00. The van der Waals surface area contributed by atoms with Gasteiger partial charge in [-0.3, -0.25) is 4.98 Å². The van der Waals surface area contributed by atoms with Gasteiger partial charge in [0.2, 0.25) is 10.0 Å². The van der Waals surface area contributed by atoms with Crippen molar-refractivity contribution < 1.29 is 17.9 Å². The highest BCUT2D eigenvalue weighted by atomic mass is 32.2. The third kappa shape index (κ3) is 4.70. The number of aryl methyl sites for hydroxylation is 1. The van der Waals surface area contributed by atoms with E-state index in [4.69, 9.17) is 9.47 Å². The normalized spacial score (nSPS) is 23.3. The molecule has 0 aliphatic carbocycles. The number of hydrogen-bond acceptors (Lipinski definition) is 5. The summed E-state index contributed by atoms with van der Waals surface area (Å²) in [4.78, 5) is 4.46. The maximum absolute atomic E-state index is 12.4. The van der Waals surface area contributed by atoms with Crippen LogP contribution in [0.3, 0.4) is 0 Å². The lowest BCUT2D eigenvalue weighted by molar-refractivity contribution is -0.0619. The van der Waals surface area contributed by atoms with E-state index in [0.717, 1.165) is 43.7 Å². The predicted octanol–water partition coefficient (Wildman–Crippen LogP) is 2.91. The number of pyridine rings is 1. The van der Waals surface area contributed by atoms with Gasteiger partial charge in [-0.25, -0.2) is 12.7 Å². The average Bonchev–Trinajstić information content (AvgIpc) is 3.01. The van der Waals surface area contributed by atoms with Gasteiger partial charge in [0, 0.05) is 32.0 Å². The van der Waals surface area contributed by atoms with E-state index in [2.05, 4.69) is 4.98 Å². The van der Waals surface area contributed by atoms with Crippen LogP contribution >= 0.6 is 0 Å². The molecule has 1 aromatic rings. The van der Waals surface area contributed by atoms with Crippen LogP contribution in [0.1, 0.15) is 50.9 Å².